The van der Waals surface area contributed by atoms with Crippen LogP contribution in [0.15, 0.2) is 29.8 Å². The van der Waals surface area contributed by atoms with E-state index < -0.39 is 0 Å². The summed E-state index contributed by atoms with van der Waals surface area (Å²) in [5.41, 5.74) is 1.50. The molecule has 0 saturated heterocycles. The zero-order chi connectivity index (χ0) is 16.7. The molecule has 0 unspecified atom stereocenters. The molecule has 0 atom stereocenters. The first kappa shape index (κ1) is 17.1. The predicted molar refractivity (Wildman–Crippen MR) is 90.0 cm³/mol. The second kappa shape index (κ2) is 8.38. The molecule has 0 spiro atoms. The summed E-state index contributed by atoms with van der Waals surface area (Å²) in [4.78, 5) is 34.2. The van der Waals surface area contributed by atoms with Gasteiger partial charge in [0, 0.05) is 24.7 Å². The van der Waals surface area contributed by atoms with Crippen LogP contribution in [0.1, 0.15) is 19.5 Å². The minimum absolute atomic E-state index is 0.0837. The van der Waals surface area contributed by atoms with Gasteiger partial charge < -0.3 is 10.2 Å². The van der Waals surface area contributed by atoms with Crippen molar-refractivity contribution < 1.29 is 9.59 Å². The lowest BCUT2D eigenvalue weighted by Crippen LogP contribution is -2.41. The van der Waals surface area contributed by atoms with E-state index in [4.69, 9.17) is 0 Å². The Kier molecular flexibility index (Phi) is 6.22. The SMILES string of the molecule is CCNC(=O)CN(CC)C(=O)Cc1csc(-c2ccccn2)n1. The highest BCUT2D eigenvalue weighted by molar-refractivity contribution is 7.13. The van der Waals surface area contributed by atoms with Gasteiger partial charge in [-0.1, -0.05) is 6.07 Å². The average Bonchev–Trinajstić information content (AvgIpc) is 3.02. The highest BCUT2D eigenvalue weighted by atomic mass is 32.1. The Labute approximate surface area is 139 Å². The van der Waals surface area contributed by atoms with E-state index >= 15 is 0 Å². The molecule has 23 heavy (non-hydrogen) atoms. The third-order valence-electron chi connectivity index (χ3n) is 3.21. The maximum Gasteiger partial charge on any atom is 0.239 e. The van der Waals surface area contributed by atoms with E-state index in [1.807, 2.05) is 37.4 Å². The first-order chi connectivity index (χ1) is 11.1. The number of nitrogens with one attached hydrogen (secondary N) is 1. The maximum absolute atomic E-state index is 12.3. The third kappa shape index (κ3) is 4.85. The van der Waals surface area contributed by atoms with Crippen molar-refractivity contribution in [3.05, 3.63) is 35.5 Å². The number of amides is 2. The standard InChI is InChI=1S/C16H20N4O2S/c1-3-17-14(21)10-20(4-2)15(22)9-12-11-23-16(19-12)13-7-5-6-8-18-13/h5-8,11H,3-4,9-10H2,1-2H3,(H,17,21). The molecule has 0 saturated carbocycles. The number of hydrogen-bond donors (Lipinski definition) is 1. The minimum atomic E-state index is -0.143. The molecule has 0 aliphatic rings. The number of carbonyl (C=O) groups excluding carboxylic acids is 2. The molecule has 0 bridgehead atoms. The van der Waals surface area contributed by atoms with Crippen molar-refractivity contribution in [1.29, 1.82) is 0 Å². The summed E-state index contributed by atoms with van der Waals surface area (Å²) in [6, 6.07) is 5.64. The molecular weight excluding hydrogens is 312 g/mol. The van der Waals surface area contributed by atoms with Gasteiger partial charge in [0.15, 0.2) is 0 Å². The van der Waals surface area contributed by atoms with Gasteiger partial charge in [-0.15, -0.1) is 11.3 Å². The van der Waals surface area contributed by atoms with E-state index in [0.717, 1.165) is 10.7 Å². The largest absolute Gasteiger partial charge is 0.355 e. The Hall–Kier alpha value is -2.28. The number of rotatable bonds is 7. The predicted octanol–water partition coefficient (Wildman–Crippen LogP) is 1.73. The zero-order valence-electron chi connectivity index (χ0n) is 13.3. The summed E-state index contributed by atoms with van der Waals surface area (Å²) in [6.07, 6.45) is 1.91. The van der Waals surface area contributed by atoms with Gasteiger partial charge in [-0.05, 0) is 26.0 Å². The monoisotopic (exact) mass is 332 g/mol. The summed E-state index contributed by atoms with van der Waals surface area (Å²) in [5, 5.41) is 5.35. The zero-order valence-corrected chi connectivity index (χ0v) is 14.1. The molecule has 2 rings (SSSR count). The van der Waals surface area contributed by atoms with E-state index in [2.05, 4.69) is 15.3 Å². The van der Waals surface area contributed by atoms with Crippen LogP contribution in [-0.2, 0) is 16.0 Å². The van der Waals surface area contributed by atoms with Gasteiger partial charge in [0.25, 0.3) is 0 Å². The Morgan fingerprint density at radius 1 is 1.30 bits per heavy atom. The molecule has 0 fully saturated rings. The van der Waals surface area contributed by atoms with Crippen molar-refractivity contribution in [3.63, 3.8) is 0 Å². The van der Waals surface area contributed by atoms with Crippen LogP contribution in [0.5, 0.6) is 0 Å². The second-order valence-corrected chi connectivity index (χ2v) is 5.76. The first-order valence-electron chi connectivity index (χ1n) is 7.54. The summed E-state index contributed by atoms with van der Waals surface area (Å²) in [5.74, 6) is -0.244. The van der Waals surface area contributed by atoms with Crippen LogP contribution < -0.4 is 5.32 Å². The van der Waals surface area contributed by atoms with Crippen LogP contribution in [0, 0.1) is 0 Å². The van der Waals surface area contributed by atoms with Crippen LogP contribution in [-0.4, -0.2) is 46.3 Å². The molecule has 0 aromatic carbocycles. The number of carbonyl (C=O) groups is 2. The summed E-state index contributed by atoms with van der Waals surface area (Å²) < 4.78 is 0. The normalized spacial score (nSPS) is 10.3. The van der Waals surface area contributed by atoms with Gasteiger partial charge in [0.1, 0.15) is 5.01 Å². The summed E-state index contributed by atoms with van der Waals surface area (Å²) >= 11 is 1.46. The Bertz CT molecular complexity index is 657. The summed E-state index contributed by atoms with van der Waals surface area (Å²) in [7, 11) is 0. The number of nitrogens with zero attached hydrogens (tertiary/aromatic N) is 3. The molecule has 6 nitrogen and oxygen atoms in total. The molecule has 2 amide bonds. The summed E-state index contributed by atoms with van der Waals surface area (Å²) in [6.45, 7) is 4.85. The van der Waals surface area contributed by atoms with Crippen molar-refractivity contribution in [1.82, 2.24) is 20.2 Å². The van der Waals surface area contributed by atoms with Crippen LogP contribution >= 0.6 is 11.3 Å². The Morgan fingerprint density at radius 3 is 2.78 bits per heavy atom. The van der Waals surface area contributed by atoms with Crippen molar-refractivity contribution in [2.75, 3.05) is 19.6 Å². The second-order valence-electron chi connectivity index (χ2n) is 4.90. The molecule has 122 valence electrons. The van der Waals surface area contributed by atoms with Gasteiger partial charge in [0.2, 0.25) is 11.8 Å². The minimum Gasteiger partial charge on any atom is -0.355 e. The first-order valence-corrected chi connectivity index (χ1v) is 8.42. The fraction of sp³-hybridized carbons (Fsp3) is 0.375. The molecule has 0 aliphatic heterocycles. The maximum atomic E-state index is 12.3. The van der Waals surface area contributed by atoms with Crippen molar-refractivity contribution in [2.45, 2.75) is 20.3 Å². The molecule has 1 N–H and O–H groups in total. The van der Waals surface area contributed by atoms with Crippen molar-refractivity contribution in [2.24, 2.45) is 0 Å². The average molecular weight is 332 g/mol. The van der Waals surface area contributed by atoms with Gasteiger partial charge >= 0.3 is 0 Å². The molecule has 2 aromatic rings. The molecule has 2 aromatic heterocycles. The van der Waals surface area contributed by atoms with Crippen molar-refractivity contribution in [3.8, 4) is 10.7 Å². The van der Waals surface area contributed by atoms with Crippen LogP contribution in [0.4, 0.5) is 0 Å². The highest BCUT2D eigenvalue weighted by Gasteiger charge is 2.17. The Balaban J connectivity index is 1.99. The lowest BCUT2D eigenvalue weighted by molar-refractivity contribution is -0.135. The smallest absolute Gasteiger partial charge is 0.239 e. The fourth-order valence-corrected chi connectivity index (χ4v) is 2.86. The van der Waals surface area contributed by atoms with Gasteiger partial charge in [-0.3, -0.25) is 14.6 Å². The van der Waals surface area contributed by atoms with Gasteiger partial charge in [-0.2, -0.15) is 0 Å². The van der Waals surface area contributed by atoms with Gasteiger partial charge in [-0.25, -0.2) is 4.98 Å². The van der Waals surface area contributed by atoms with E-state index in [0.29, 0.717) is 18.8 Å². The van der Waals surface area contributed by atoms with E-state index in [-0.39, 0.29) is 24.8 Å². The third-order valence-corrected chi connectivity index (χ3v) is 4.12. The van der Waals surface area contributed by atoms with Crippen LogP contribution in [0.2, 0.25) is 0 Å². The molecule has 7 heteroatoms. The Morgan fingerprint density at radius 2 is 2.13 bits per heavy atom. The lowest BCUT2D eigenvalue weighted by atomic mass is 10.3. The molecular formula is C16H20N4O2S. The van der Waals surface area contributed by atoms with Gasteiger partial charge in [0.05, 0.1) is 24.4 Å². The fourth-order valence-electron chi connectivity index (χ4n) is 2.06. The number of likely N-dealkylation sites (N-methyl/N-ethyl adjacent to an activating group) is 2. The number of hydrogen-bond acceptors (Lipinski definition) is 5. The molecule has 2 heterocycles. The molecule has 0 aliphatic carbocycles. The molecule has 0 radical (unpaired) electrons. The van der Waals surface area contributed by atoms with Crippen LogP contribution in [0.25, 0.3) is 10.7 Å². The lowest BCUT2D eigenvalue weighted by Gasteiger charge is -2.19. The quantitative estimate of drug-likeness (QED) is 0.838. The highest BCUT2D eigenvalue weighted by Crippen LogP contribution is 2.21. The van der Waals surface area contributed by atoms with E-state index in [9.17, 15) is 9.59 Å². The van der Waals surface area contributed by atoms with E-state index in [1.165, 1.54) is 16.2 Å². The number of pyridine rings is 1. The van der Waals surface area contributed by atoms with Crippen molar-refractivity contribution >= 4 is 23.2 Å². The van der Waals surface area contributed by atoms with Crippen LogP contribution in [0.3, 0.4) is 0 Å². The number of aromatic nitrogens is 2. The van der Waals surface area contributed by atoms with E-state index in [1.54, 1.807) is 6.20 Å². The topological polar surface area (TPSA) is 75.2 Å². The number of thiazole rings is 1.